The van der Waals surface area contributed by atoms with Crippen molar-refractivity contribution in [2.75, 3.05) is 44.4 Å². The van der Waals surface area contributed by atoms with Crippen LogP contribution in [0.4, 0.5) is 4.39 Å². The van der Waals surface area contributed by atoms with Crippen LogP contribution in [0.3, 0.4) is 0 Å². The summed E-state index contributed by atoms with van der Waals surface area (Å²) < 4.78 is 26.5. The van der Waals surface area contributed by atoms with Crippen molar-refractivity contribution in [2.24, 2.45) is 56.7 Å². The average Bonchev–Trinajstić information content (AvgIpc) is 3.46. The number of halogens is 1. The smallest absolute Gasteiger partial charge is 0.312 e. The molecule has 0 aromatic rings. The number of carboxylic acids is 1. The van der Waals surface area contributed by atoms with Crippen molar-refractivity contribution >= 4 is 21.4 Å². The van der Waals surface area contributed by atoms with Crippen LogP contribution in [-0.2, 0) is 14.3 Å². The van der Waals surface area contributed by atoms with E-state index >= 15 is 0 Å². The molecule has 1 aliphatic heterocycles. The quantitative estimate of drug-likeness (QED) is 0.194. The van der Waals surface area contributed by atoms with Gasteiger partial charge in [0.15, 0.2) is 0 Å². The molecule has 0 aromatic heterocycles. The predicted octanol–water partition coefficient (Wildman–Crippen LogP) is 8.71. The van der Waals surface area contributed by atoms with Gasteiger partial charge in [-0.2, -0.15) is 0 Å². The highest BCUT2D eigenvalue weighted by atomic mass is 32.2. The first kappa shape index (κ1) is 37.9. The number of alkyl halides is 1. The van der Waals surface area contributed by atoms with E-state index in [0.717, 1.165) is 44.1 Å². The Morgan fingerprint density at radius 3 is 2.31 bits per heavy atom. The van der Waals surface area contributed by atoms with Crippen LogP contribution >= 0.6 is 0 Å². The summed E-state index contributed by atoms with van der Waals surface area (Å²) in [6, 6.07) is 0. The fourth-order valence-corrected chi connectivity index (χ4v) is 16.0. The summed E-state index contributed by atoms with van der Waals surface area (Å²) in [4.78, 5) is 14.5. The van der Waals surface area contributed by atoms with E-state index in [1.807, 2.05) is 0 Å². The maximum Gasteiger partial charge on any atom is 0.312 e. The minimum absolute atomic E-state index is 0.00249. The Morgan fingerprint density at radius 1 is 0.961 bits per heavy atom. The second-order valence-electron chi connectivity index (χ2n) is 20.2. The molecule has 1 heterocycles. The minimum atomic E-state index is -1.87. The average molecular weight is 725 g/mol. The molecular weight excluding hydrogens is 656 g/mol. The molecule has 0 spiro atoms. The molecule has 2 N–H and O–H groups in total. The largest absolute Gasteiger partial charge is 0.481 e. The highest BCUT2D eigenvalue weighted by Crippen LogP contribution is 2.76. The van der Waals surface area contributed by atoms with Crippen LogP contribution in [-0.4, -0.2) is 76.0 Å². The van der Waals surface area contributed by atoms with Gasteiger partial charge >= 0.3 is 5.97 Å². The lowest BCUT2D eigenvalue weighted by molar-refractivity contribution is -0.221. The van der Waals surface area contributed by atoms with Crippen molar-refractivity contribution in [3.05, 3.63) is 35.5 Å². The number of aliphatic carboxylic acids is 1. The number of hydrogen-bond donors (Lipinski definition) is 2. The summed E-state index contributed by atoms with van der Waals surface area (Å²) in [5, 5.41) is 14.1. The molecule has 1 saturated heterocycles. The van der Waals surface area contributed by atoms with Gasteiger partial charge in [0.2, 0.25) is 0 Å². The summed E-state index contributed by atoms with van der Waals surface area (Å²) in [5.41, 5.74) is 3.79. The molecule has 1 unspecified atom stereocenters. The molecule has 6 aliphatic carbocycles. The number of rotatable bonds is 8. The normalized spacial score (nSPS) is 46.1. The molecule has 5 nitrogen and oxygen atoms in total. The van der Waals surface area contributed by atoms with Crippen molar-refractivity contribution in [2.45, 2.75) is 124 Å². The van der Waals surface area contributed by atoms with Crippen molar-refractivity contribution < 1.29 is 18.5 Å². The minimum Gasteiger partial charge on any atom is -0.481 e. The third kappa shape index (κ3) is 5.73. The summed E-state index contributed by atoms with van der Waals surface area (Å²) in [5.74, 6) is 7.60. The summed E-state index contributed by atoms with van der Waals surface area (Å²) in [6.45, 7) is 23.0. The predicted molar refractivity (Wildman–Crippen MR) is 210 cm³/mol. The number of carbonyl (C=O) groups is 1. The van der Waals surface area contributed by atoms with Crippen LogP contribution in [0.5, 0.6) is 0 Å². The van der Waals surface area contributed by atoms with Crippen molar-refractivity contribution in [1.29, 1.82) is 0 Å². The van der Waals surface area contributed by atoms with Crippen LogP contribution in [0.2, 0.25) is 0 Å². The highest BCUT2D eigenvalue weighted by Gasteiger charge is 2.70. The molecule has 51 heavy (non-hydrogen) atoms. The molecule has 0 radical (unpaired) electrons. The lowest BCUT2D eigenvalue weighted by atomic mass is 9.33. The first-order chi connectivity index (χ1) is 23.9. The van der Waals surface area contributed by atoms with Gasteiger partial charge in [-0.25, -0.2) is 4.39 Å². The van der Waals surface area contributed by atoms with E-state index in [1.165, 1.54) is 68.1 Å². The Kier molecular flexibility index (Phi) is 9.52. The van der Waals surface area contributed by atoms with E-state index in [0.29, 0.717) is 48.9 Å². The second-order valence-corrected chi connectivity index (χ2v) is 22.9. The lowest BCUT2D eigenvalue weighted by Crippen LogP contribution is -2.68. The van der Waals surface area contributed by atoms with E-state index < -0.39 is 27.6 Å². The fraction of sp³-hybridized carbons (Fsp3) is 0.818. The molecule has 286 valence electrons. The molecule has 7 aliphatic rings. The number of allylic oxidation sites excluding steroid dienone is 5. The summed E-state index contributed by atoms with van der Waals surface area (Å²) in [6.07, 6.45) is 17.2. The maximum atomic E-state index is 14.0. The molecular formula is C44H69FN2O3S. The Bertz CT molecular complexity index is 1590. The molecule has 0 aromatic carbocycles. The van der Waals surface area contributed by atoms with Gasteiger partial charge in [-0.3, -0.25) is 9.00 Å². The van der Waals surface area contributed by atoms with Crippen molar-refractivity contribution in [1.82, 2.24) is 10.2 Å². The first-order valence-corrected chi connectivity index (χ1v) is 22.6. The number of fused-ring (bicyclic) bond motifs is 7. The van der Waals surface area contributed by atoms with Gasteiger partial charge in [-0.1, -0.05) is 58.9 Å². The van der Waals surface area contributed by atoms with Crippen LogP contribution in [0.25, 0.3) is 0 Å². The Balaban J connectivity index is 1.13. The van der Waals surface area contributed by atoms with E-state index in [4.69, 9.17) is 0 Å². The molecule has 10 atom stereocenters. The van der Waals surface area contributed by atoms with Crippen LogP contribution < -0.4 is 5.32 Å². The molecule has 7 heteroatoms. The standard InChI is InChI=1S/C44H69FN2O3S/c1-30(2)32-13-20-44(46-23-24-47-25-27-51(8,50)28-26-47)22-21-41(6)34(37(32)44)9-10-36-40(5)16-14-33(39(3,4)35(40)15-17-42(36,41)7)31-11-18-43(29-45,19-12-31)38(48)49/h11,14,32,34-37,46H,1,8-10,12-13,15-29H2,2-7H3,(H,48,49)/t32-,34+,35-,36+,37+,40-,41+,42+,43?,44-/m0/s1. The number of hydrogen-bond acceptors (Lipinski definition) is 4. The van der Waals surface area contributed by atoms with Crippen LogP contribution in [0, 0.1) is 56.7 Å². The van der Waals surface area contributed by atoms with E-state index in [1.54, 1.807) is 0 Å². The van der Waals surface area contributed by atoms with Gasteiger partial charge < -0.3 is 15.3 Å². The van der Waals surface area contributed by atoms with E-state index in [2.05, 4.69) is 76.4 Å². The molecule has 0 amide bonds. The third-order valence-electron chi connectivity index (χ3n) is 17.8. The van der Waals surface area contributed by atoms with Crippen LogP contribution in [0.1, 0.15) is 119 Å². The SMILES string of the molecule is C=C(C)[C@@H]1CC[C@]2(NCCN3CCS(=C)(=O)CC3)CC[C@]3(C)[C@H](CC[C@@H]4[C@@]5(C)CC=C(C6=CCC(CF)(C(=O)O)CC6)C(C)(C)[C@@H]5CC[C@]43C)[C@@H]12. The van der Waals surface area contributed by atoms with Gasteiger partial charge in [0, 0.05) is 43.2 Å². The molecule has 4 saturated carbocycles. The second kappa shape index (κ2) is 12.8. The number of carboxylic acid groups (broad SMARTS) is 1. The number of nitrogens with zero attached hydrogens (tertiary/aromatic N) is 1. The molecule has 5 fully saturated rings. The Hall–Kier alpha value is -1.44. The lowest BCUT2D eigenvalue weighted by Gasteiger charge is -2.72. The zero-order valence-electron chi connectivity index (χ0n) is 32.9. The summed E-state index contributed by atoms with van der Waals surface area (Å²) >= 11 is 0. The first-order valence-electron chi connectivity index (χ1n) is 20.5. The zero-order valence-corrected chi connectivity index (χ0v) is 33.7. The highest BCUT2D eigenvalue weighted by molar-refractivity contribution is 8.00. The van der Waals surface area contributed by atoms with Gasteiger partial charge in [-0.05, 0) is 162 Å². The van der Waals surface area contributed by atoms with Gasteiger partial charge in [-0.15, -0.1) is 0 Å². The fourth-order valence-electron chi connectivity index (χ4n) is 14.6. The van der Waals surface area contributed by atoms with Crippen molar-refractivity contribution in [3.63, 3.8) is 0 Å². The van der Waals surface area contributed by atoms with Gasteiger partial charge in [0.1, 0.15) is 6.67 Å². The van der Waals surface area contributed by atoms with Gasteiger partial charge in [0.05, 0.1) is 5.41 Å². The van der Waals surface area contributed by atoms with E-state index in [9.17, 15) is 18.5 Å². The topological polar surface area (TPSA) is 69.6 Å². The van der Waals surface area contributed by atoms with E-state index in [-0.39, 0.29) is 27.2 Å². The molecule has 7 rings (SSSR count). The third-order valence-corrected chi connectivity index (χ3v) is 19.6. The Morgan fingerprint density at radius 2 is 1.69 bits per heavy atom. The van der Waals surface area contributed by atoms with Gasteiger partial charge in [0.25, 0.3) is 0 Å². The van der Waals surface area contributed by atoms with Crippen molar-refractivity contribution in [3.8, 4) is 0 Å². The van der Waals surface area contributed by atoms with Crippen LogP contribution in [0.15, 0.2) is 35.5 Å². The monoisotopic (exact) mass is 725 g/mol. The number of nitrogens with one attached hydrogen (secondary N) is 1. The maximum absolute atomic E-state index is 14.0. The Labute approximate surface area is 309 Å². The molecule has 0 bridgehead atoms. The summed E-state index contributed by atoms with van der Waals surface area (Å²) in [7, 11) is -1.87. The zero-order chi connectivity index (χ0) is 36.8.